The number of hydrogen-bond donors (Lipinski definition) is 1. The molecule has 2 aromatic carbocycles. The van der Waals surface area contributed by atoms with E-state index >= 15 is 0 Å². The molecule has 0 amide bonds. The second-order valence-electron chi connectivity index (χ2n) is 10.7. The number of rotatable bonds is 3. The molecule has 2 aliphatic rings. The first kappa shape index (κ1) is 21.6. The highest BCUT2D eigenvalue weighted by Gasteiger charge is 2.37. The van der Waals surface area contributed by atoms with E-state index in [1.54, 1.807) is 0 Å². The Hall–Kier alpha value is -2.61. The molecule has 0 spiro atoms. The fourth-order valence-corrected chi connectivity index (χ4v) is 5.18. The number of carbonyl (C=O) groups is 1. The summed E-state index contributed by atoms with van der Waals surface area (Å²) in [6, 6.07) is 13.0. The minimum atomic E-state index is 0.111. The Morgan fingerprint density at radius 1 is 0.935 bits per heavy atom. The number of fused-ring (bicyclic) bond motifs is 1. The van der Waals surface area contributed by atoms with Gasteiger partial charge in [-0.05, 0) is 81.5 Å². The summed E-state index contributed by atoms with van der Waals surface area (Å²) in [4.78, 5) is 11.6. The van der Waals surface area contributed by atoms with Crippen molar-refractivity contribution in [3.63, 3.8) is 0 Å². The number of carbonyl (C=O) groups excluding carboxylic acids is 1. The number of ketones is 1. The van der Waals surface area contributed by atoms with Crippen LogP contribution in [0.2, 0.25) is 0 Å². The van der Waals surface area contributed by atoms with Crippen molar-refractivity contribution in [1.82, 2.24) is 0 Å². The maximum absolute atomic E-state index is 11.6. The SMILES string of the molecule is C=C(c1ccc(C2=C(O)CC(=O)CC2)cc1)c1cc2c(cc1C)C(C)(C)CCC2(C)C. The Kier molecular flexibility index (Phi) is 5.24. The average molecular weight is 415 g/mol. The van der Waals surface area contributed by atoms with E-state index in [1.807, 2.05) is 12.1 Å². The van der Waals surface area contributed by atoms with Gasteiger partial charge in [-0.1, -0.05) is 70.7 Å². The number of aliphatic hydroxyl groups excluding tert-OH is 1. The van der Waals surface area contributed by atoms with Crippen LogP contribution in [0.3, 0.4) is 0 Å². The Bertz CT molecular complexity index is 1090. The molecule has 0 heterocycles. The summed E-state index contributed by atoms with van der Waals surface area (Å²) in [6.45, 7) is 16.1. The third kappa shape index (κ3) is 3.89. The standard InChI is InChI=1S/C29H34O2/c1-18-15-25-26(29(5,6)14-13-28(25,3)4)17-24(18)19(2)20-7-9-21(10-8-20)23-12-11-22(30)16-27(23)31/h7-10,15,17,31H,2,11-14,16H2,1,3-6H3. The van der Waals surface area contributed by atoms with E-state index in [0.717, 1.165) is 22.3 Å². The highest BCUT2D eigenvalue weighted by molar-refractivity contribution is 5.88. The second kappa shape index (κ2) is 7.51. The molecule has 0 unspecified atom stereocenters. The summed E-state index contributed by atoms with van der Waals surface area (Å²) in [6.07, 6.45) is 3.68. The van der Waals surface area contributed by atoms with E-state index in [9.17, 15) is 9.90 Å². The first-order valence-electron chi connectivity index (χ1n) is 11.4. The van der Waals surface area contributed by atoms with Gasteiger partial charge in [0.15, 0.2) is 0 Å². The number of Topliss-reactive ketones (excluding diaryl/α,β-unsaturated/α-hetero) is 1. The van der Waals surface area contributed by atoms with Crippen LogP contribution in [0.15, 0.2) is 48.7 Å². The Morgan fingerprint density at radius 2 is 1.52 bits per heavy atom. The molecule has 2 aliphatic carbocycles. The van der Waals surface area contributed by atoms with Gasteiger partial charge in [0.25, 0.3) is 0 Å². The molecule has 2 heteroatoms. The highest BCUT2D eigenvalue weighted by atomic mass is 16.3. The average Bonchev–Trinajstić information content (AvgIpc) is 2.71. The van der Waals surface area contributed by atoms with Crippen LogP contribution in [0.4, 0.5) is 0 Å². The lowest BCUT2D eigenvalue weighted by atomic mass is 9.62. The molecule has 0 radical (unpaired) electrons. The van der Waals surface area contributed by atoms with E-state index in [1.165, 1.54) is 35.1 Å². The Labute approximate surface area is 186 Å². The molecular weight excluding hydrogens is 380 g/mol. The maximum Gasteiger partial charge on any atom is 0.140 e. The first-order chi connectivity index (χ1) is 14.5. The second-order valence-corrected chi connectivity index (χ2v) is 10.7. The molecule has 0 aliphatic heterocycles. The van der Waals surface area contributed by atoms with E-state index in [4.69, 9.17) is 0 Å². The normalized spacial score (nSPS) is 19.8. The van der Waals surface area contributed by atoms with Gasteiger partial charge in [0, 0.05) is 6.42 Å². The monoisotopic (exact) mass is 414 g/mol. The summed E-state index contributed by atoms with van der Waals surface area (Å²) in [5, 5.41) is 10.2. The van der Waals surface area contributed by atoms with Crippen LogP contribution in [-0.2, 0) is 15.6 Å². The van der Waals surface area contributed by atoms with Crippen molar-refractivity contribution in [2.75, 3.05) is 0 Å². The first-order valence-corrected chi connectivity index (χ1v) is 11.4. The van der Waals surface area contributed by atoms with Crippen LogP contribution >= 0.6 is 0 Å². The molecule has 1 N–H and O–H groups in total. The number of aryl methyl sites for hydroxylation is 1. The van der Waals surface area contributed by atoms with Crippen LogP contribution in [0, 0.1) is 6.92 Å². The molecule has 0 bridgehead atoms. The molecule has 31 heavy (non-hydrogen) atoms. The molecule has 0 fully saturated rings. The van der Waals surface area contributed by atoms with E-state index in [0.29, 0.717) is 12.8 Å². The highest BCUT2D eigenvalue weighted by Crippen LogP contribution is 2.47. The number of benzene rings is 2. The van der Waals surface area contributed by atoms with Gasteiger partial charge in [0.2, 0.25) is 0 Å². The van der Waals surface area contributed by atoms with Crippen LogP contribution in [-0.4, -0.2) is 10.9 Å². The predicted octanol–water partition coefficient (Wildman–Crippen LogP) is 7.43. The molecule has 0 aromatic heterocycles. The van der Waals surface area contributed by atoms with Crippen LogP contribution in [0.25, 0.3) is 11.1 Å². The molecule has 0 saturated carbocycles. The molecular formula is C29H34O2. The summed E-state index contributed by atoms with van der Waals surface area (Å²) in [7, 11) is 0. The van der Waals surface area contributed by atoms with Gasteiger partial charge in [0.05, 0.1) is 6.42 Å². The van der Waals surface area contributed by atoms with Gasteiger partial charge in [-0.15, -0.1) is 0 Å². The van der Waals surface area contributed by atoms with Gasteiger partial charge >= 0.3 is 0 Å². The van der Waals surface area contributed by atoms with Gasteiger partial charge in [-0.25, -0.2) is 0 Å². The fraction of sp³-hybridized carbons (Fsp3) is 0.414. The topological polar surface area (TPSA) is 37.3 Å². The van der Waals surface area contributed by atoms with E-state index in [2.05, 4.69) is 65.5 Å². The fourth-order valence-electron chi connectivity index (χ4n) is 5.18. The summed E-state index contributed by atoms with van der Waals surface area (Å²) >= 11 is 0. The smallest absolute Gasteiger partial charge is 0.140 e. The minimum absolute atomic E-state index is 0.111. The summed E-state index contributed by atoms with van der Waals surface area (Å²) in [5.41, 5.74) is 9.78. The van der Waals surface area contributed by atoms with Gasteiger partial charge in [0.1, 0.15) is 11.5 Å². The lowest BCUT2D eigenvalue weighted by Gasteiger charge is -2.42. The van der Waals surface area contributed by atoms with Crippen LogP contribution in [0.5, 0.6) is 0 Å². The van der Waals surface area contributed by atoms with Crippen molar-refractivity contribution < 1.29 is 9.90 Å². The van der Waals surface area contributed by atoms with Gasteiger partial charge in [-0.2, -0.15) is 0 Å². The number of hydrogen-bond acceptors (Lipinski definition) is 2. The van der Waals surface area contributed by atoms with Crippen molar-refractivity contribution in [2.24, 2.45) is 0 Å². The predicted molar refractivity (Wildman–Crippen MR) is 129 cm³/mol. The zero-order chi connectivity index (χ0) is 22.6. The zero-order valence-corrected chi connectivity index (χ0v) is 19.6. The molecule has 2 aromatic rings. The zero-order valence-electron chi connectivity index (χ0n) is 19.6. The third-order valence-corrected chi connectivity index (χ3v) is 7.47. The maximum atomic E-state index is 11.6. The van der Waals surface area contributed by atoms with Crippen molar-refractivity contribution in [2.45, 2.75) is 77.6 Å². The van der Waals surface area contributed by atoms with Crippen LogP contribution < -0.4 is 0 Å². The molecule has 0 atom stereocenters. The number of aliphatic hydroxyl groups is 1. The minimum Gasteiger partial charge on any atom is -0.512 e. The van der Waals surface area contributed by atoms with Gasteiger partial charge in [-0.3, -0.25) is 4.79 Å². The van der Waals surface area contributed by atoms with E-state index in [-0.39, 0.29) is 28.8 Å². The van der Waals surface area contributed by atoms with Gasteiger partial charge < -0.3 is 5.11 Å². The lowest BCUT2D eigenvalue weighted by molar-refractivity contribution is -0.119. The number of allylic oxidation sites excluding steroid dienone is 2. The summed E-state index contributed by atoms with van der Waals surface area (Å²) < 4.78 is 0. The lowest BCUT2D eigenvalue weighted by Crippen LogP contribution is -2.34. The summed E-state index contributed by atoms with van der Waals surface area (Å²) in [5.74, 6) is 0.332. The molecule has 2 nitrogen and oxygen atoms in total. The quantitative estimate of drug-likeness (QED) is 0.567. The van der Waals surface area contributed by atoms with Crippen molar-refractivity contribution >= 4 is 16.9 Å². The Morgan fingerprint density at radius 3 is 2.10 bits per heavy atom. The molecule has 162 valence electrons. The van der Waals surface area contributed by atoms with Crippen molar-refractivity contribution in [1.29, 1.82) is 0 Å². The largest absolute Gasteiger partial charge is 0.512 e. The third-order valence-electron chi connectivity index (χ3n) is 7.47. The van der Waals surface area contributed by atoms with E-state index < -0.39 is 0 Å². The van der Waals surface area contributed by atoms with Crippen molar-refractivity contribution in [3.05, 3.63) is 82.1 Å². The molecule has 0 saturated heterocycles. The molecule has 4 rings (SSSR count). The van der Waals surface area contributed by atoms with Crippen LogP contribution in [0.1, 0.15) is 93.2 Å². The van der Waals surface area contributed by atoms with Crippen molar-refractivity contribution in [3.8, 4) is 0 Å². The Balaban J connectivity index is 1.69.